The van der Waals surface area contributed by atoms with Crippen LogP contribution >= 0.6 is 0 Å². The molecule has 0 radical (unpaired) electrons. The van der Waals surface area contributed by atoms with E-state index < -0.39 is 0 Å². The average Bonchev–Trinajstić information content (AvgIpc) is 2.89. The fourth-order valence-corrected chi connectivity index (χ4v) is 2.98. The van der Waals surface area contributed by atoms with Crippen molar-refractivity contribution < 1.29 is 8.91 Å². The zero-order chi connectivity index (χ0) is 14.1. The molecule has 0 amide bonds. The molecule has 0 bridgehead atoms. The Morgan fingerprint density at radius 2 is 2.20 bits per heavy atom. The van der Waals surface area contributed by atoms with E-state index in [0.717, 1.165) is 37.1 Å². The highest BCUT2D eigenvalue weighted by molar-refractivity contribution is 5.80. The van der Waals surface area contributed by atoms with E-state index in [9.17, 15) is 4.39 Å². The molecule has 2 N–H and O–H groups in total. The lowest BCUT2D eigenvalue weighted by atomic mass is 9.91. The number of fused-ring (bicyclic) bond motifs is 1. The Balaban J connectivity index is 1.77. The topological polar surface area (TPSA) is 55.3 Å². The molecular formula is C15H20FN3O. The molecule has 1 atom stereocenters. The molecule has 2 heterocycles. The van der Waals surface area contributed by atoms with Crippen LogP contribution in [0.15, 0.2) is 22.7 Å². The number of aromatic nitrogens is 1. The Morgan fingerprint density at radius 1 is 1.45 bits per heavy atom. The van der Waals surface area contributed by atoms with Gasteiger partial charge in [-0.3, -0.25) is 4.90 Å². The second-order valence-corrected chi connectivity index (χ2v) is 5.60. The Hall–Kier alpha value is -1.46. The Morgan fingerprint density at radius 3 is 2.90 bits per heavy atom. The molecule has 1 aliphatic rings. The minimum Gasteiger partial charge on any atom is -0.360 e. The minimum absolute atomic E-state index is 0.274. The van der Waals surface area contributed by atoms with Gasteiger partial charge in [-0.1, -0.05) is 5.16 Å². The van der Waals surface area contributed by atoms with Gasteiger partial charge in [-0.25, -0.2) is 4.39 Å². The third-order valence-corrected chi connectivity index (χ3v) is 4.33. The van der Waals surface area contributed by atoms with E-state index in [2.05, 4.69) is 17.0 Å². The summed E-state index contributed by atoms with van der Waals surface area (Å²) in [6.45, 7) is 4.89. The van der Waals surface area contributed by atoms with Crippen LogP contribution in [0.3, 0.4) is 0 Å². The Labute approximate surface area is 117 Å². The van der Waals surface area contributed by atoms with Crippen molar-refractivity contribution in [1.29, 1.82) is 0 Å². The molecule has 1 unspecified atom stereocenters. The average molecular weight is 277 g/mol. The van der Waals surface area contributed by atoms with E-state index in [1.165, 1.54) is 12.1 Å². The maximum atomic E-state index is 13.2. The molecular weight excluding hydrogens is 257 g/mol. The van der Waals surface area contributed by atoms with Gasteiger partial charge in [0.05, 0.1) is 0 Å². The SMILES string of the molecule is CC(CN)N1CCC(c2onc3cc(F)ccc23)CC1. The van der Waals surface area contributed by atoms with Crippen molar-refractivity contribution >= 4 is 10.9 Å². The zero-order valence-electron chi connectivity index (χ0n) is 11.7. The van der Waals surface area contributed by atoms with Crippen molar-refractivity contribution in [3.63, 3.8) is 0 Å². The lowest BCUT2D eigenvalue weighted by Crippen LogP contribution is -2.43. The number of piperidine rings is 1. The molecule has 1 aromatic carbocycles. The maximum absolute atomic E-state index is 13.2. The molecule has 1 fully saturated rings. The summed E-state index contributed by atoms with van der Waals surface area (Å²) >= 11 is 0. The molecule has 3 rings (SSSR count). The van der Waals surface area contributed by atoms with Gasteiger partial charge in [0.1, 0.15) is 17.1 Å². The molecule has 5 heteroatoms. The highest BCUT2D eigenvalue weighted by atomic mass is 19.1. The lowest BCUT2D eigenvalue weighted by Gasteiger charge is -2.34. The molecule has 2 aromatic rings. The van der Waals surface area contributed by atoms with Gasteiger partial charge in [0.2, 0.25) is 0 Å². The Kier molecular flexibility index (Phi) is 3.72. The summed E-state index contributed by atoms with van der Waals surface area (Å²) in [7, 11) is 0. The van der Waals surface area contributed by atoms with Crippen LogP contribution in [0.25, 0.3) is 10.9 Å². The molecule has 108 valence electrons. The first-order chi connectivity index (χ1) is 9.69. The number of nitrogens with two attached hydrogens (primary N) is 1. The van der Waals surface area contributed by atoms with E-state index in [-0.39, 0.29) is 5.82 Å². The van der Waals surface area contributed by atoms with Crippen LogP contribution < -0.4 is 5.73 Å². The van der Waals surface area contributed by atoms with Gasteiger partial charge < -0.3 is 10.3 Å². The molecule has 1 aromatic heterocycles. The summed E-state index contributed by atoms with van der Waals surface area (Å²) in [4.78, 5) is 2.41. The van der Waals surface area contributed by atoms with Crippen molar-refractivity contribution in [3.05, 3.63) is 29.8 Å². The molecule has 1 saturated heterocycles. The maximum Gasteiger partial charge on any atom is 0.147 e. The predicted octanol–water partition coefficient (Wildman–Crippen LogP) is 2.49. The van der Waals surface area contributed by atoms with Crippen molar-refractivity contribution in [2.75, 3.05) is 19.6 Å². The summed E-state index contributed by atoms with van der Waals surface area (Å²) in [6.07, 6.45) is 2.07. The van der Waals surface area contributed by atoms with E-state index in [1.54, 1.807) is 6.07 Å². The lowest BCUT2D eigenvalue weighted by molar-refractivity contribution is 0.156. The first-order valence-electron chi connectivity index (χ1n) is 7.18. The van der Waals surface area contributed by atoms with E-state index in [4.69, 9.17) is 10.3 Å². The van der Waals surface area contributed by atoms with E-state index in [0.29, 0.717) is 24.0 Å². The molecule has 0 aliphatic carbocycles. The van der Waals surface area contributed by atoms with Crippen molar-refractivity contribution in [1.82, 2.24) is 10.1 Å². The van der Waals surface area contributed by atoms with Crippen LogP contribution in [0.2, 0.25) is 0 Å². The first kappa shape index (κ1) is 13.5. The number of hydrogen-bond acceptors (Lipinski definition) is 4. The zero-order valence-corrected chi connectivity index (χ0v) is 11.7. The summed E-state index contributed by atoms with van der Waals surface area (Å²) in [5.74, 6) is 0.996. The molecule has 4 nitrogen and oxygen atoms in total. The normalized spacial score (nSPS) is 19.6. The van der Waals surface area contributed by atoms with Crippen LogP contribution in [0, 0.1) is 5.82 Å². The van der Waals surface area contributed by atoms with Crippen molar-refractivity contribution in [2.45, 2.75) is 31.7 Å². The third-order valence-electron chi connectivity index (χ3n) is 4.33. The van der Waals surface area contributed by atoms with Gasteiger partial charge in [0.25, 0.3) is 0 Å². The van der Waals surface area contributed by atoms with Crippen molar-refractivity contribution in [3.8, 4) is 0 Å². The molecule has 0 spiro atoms. The quantitative estimate of drug-likeness (QED) is 0.936. The van der Waals surface area contributed by atoms with E-state index >= 15 is 0 Å². The van der Waals surface area contributed by atoms with Gasteiger partial charge in [0, 0.05) is 30.0 Å². The number of halogens is 1. The summed E-state index contributed by atoms with van der Waals surface area (Å²) in [5.41, 5.74) is 6.32. The fraction of sp³-hybridized carbons (Fsp3) is 0.533. The number of nitrogens with zero attached hydrogens (tertiary/aromatic N) is 2. The molecule has 20 heavy (non-hydrogen) atoms. The summed E-state index contributed by atoms with van der Waals surface area (Å²) < 4.78 is 18.6. The van der Waals surface area contributed by atoms with Crippen LogP contribution in [-0.4, -0.2) is 35.7 Å². The largest absolute Gasteiger partial charge is 0.360 e. The molecule has 1 aliphatic heterocycles. The van der Waals surface area contributed by atoms with Gasteiger partial charge in [-0.05, 0) is 45.0 Å². The number of rotatable bonds is 3. The van der Waals surface area contributed by atoms with Gasteiger partial charge in [-0.2, -0.15) is 0 Å². The number of hydrogen-bond donors (Lipinski definition) is 1. The second kappa shape index (κ2) is 5.50. The third kappa shape index (κ3) is 2.43. The van der Waals surface area contributed by atoms with Gasteiger partial charge >= 0.3 is 0 Å². The van der Waals surface area contributed by atoms with Crippen molar-refractivity contribution in [2.24, 2.45) is 5.73 Å². The van der Waals surface area contributed by atoms with Crippen LogP contribution in [0.4, 0.5) is 4.39 Å². The highest BCUT2D eigenvalue weighted by Crippen LogP contribution is 2.33. The number of benzene rings is 1. The minimum atomic E-state index is -0.274. The smallest absolute Gasteiger partial charge is 0.147 e. The van der Waals surface area contributed by atoms with Crippen LogP contribution in [0.5, 0.6) is 0 Å². The standard InChI is InChI=1S/C15H20FN3O/c1-10(9-17)19-6-4-11(5-7-19)15-13-3-2-12(16)8-14(13)18-20-15/h2-3,8,10-11H,4-7,9,17H2,1H3. The first-order valence-corrected chi connectivity index (χ1v) is 7.18. The fourth-order valence-electron chi connectivity index (χ4n) is 2.98. The number of likely N-dealkylation sites (tertiary alicyclic amines) is 1. The molecule has 0 saturated carbocycles. The monoisotopic (exact) mass is 277 g/mol. The van der Waals surface area contributed by atoms with Crippen LogP contribution in [0.1, 0.15) is 31.4 Å². The van der Waals surface area contributed by atoms with E-state index in [1.807, 2.05) is 0 Å². The second-order valence-electron chi connectivity index (χ2n) is 5.60. The highest BCUT2D eigenvalue weighted by Gasteiger charge is 2.27. The van der Waals surface area contributed by atoms with Gasteiger partial charge in [-0.15, -0.1) is 0 Å². The predicted molar refractivity (Wildman–Crippen MR) is 76.0 cm³/mol. The Bertz CT molecular complexity index is 590. The van der Waals surface area contributed by atoms with Crippen LogP contribution in [-0.2, 0) is 0 Å². The summed E-state index contributed by atoms with van der Waals surface area (Å²) in [5, 5.41) is 4.92. The van der Waals surface area contributed by atoms with Gasteiger partial charge in [0.15, 0.2) is 0 Å². The summed E-state index contributed by atoms with van der Waals surface area (Å²) in [6, 6.07) is 5.09.